The Morgan fingerprint density at radius 1 is 1.18 bits per heavy atom. The molecule has 1 aromatic carbocycles. The highest BCUT2D eigenvalue weighted by Gasteiger charge is 2.23. The van der Waals surface area contributed by atoms with E-state index < -0.39 is 0 Å². The molecule has 1 amide bonds. The SMILES string of the molecule is COC1=CC(c2ccnc(C)c2/C=C(\C)CN2CCC(c3ccc(C(=O)N(C)C)cc3)CC2)=CN(C)C1N. The van der Waals surface area contributed by atoms with Gasteiger partial charge in [-0.2, -0.15) is 0 Å². The van der Waals surface area contributed by atoms with E-state index in [9.17, 15) is 4.79 Å². The van der Waals surface area contributed by atoms with Gasteiger partial charge in [0.2, 0.25) is 0 Å². The van der Waals surface area contributed by atoms with E-state index in [4.69, 9.17) is 10.5 Å². The van der Waals surface area contributed by atoms with E-state index >= 15 is 0 Å². The maximum absolute atomic E-state index is 12.2. The van der Waals surface area contributed by atoms with Gasteiger partial charge in [-0.1, -0.05) is 23.8 Å². The molecular weight excluding hydrogens is 474 g/mol. The first-order valence-electron chi connectivity index (χ1n) is 13.3. The number of piperidine rings is 1. The van der Waals surface area contributed by atoms with Crippen molar-refractivity contribution in [2.45, 2.75) is 38.8 Å². The Morgan fingerprint density at radius 2 is 1.87 bits per heavy atom. The van der Waals surface area contributed by atoms with E-state index in [-0.39, 0.29) is 12.1 Å². The van der Waals surface area contributed by atoms with Gasteiger partial charge in [0.25, 0.3) is 5.91 Å². The van der Waals surface area contributed by atoms with Crippen molar-refractivity contribution >= 4 is 17.6 Å². The average molecular weight is 516 g/mol. The summed E-state index contributed by atoms with van der Waals surface area (Å²) >= 11 is 0. The fourth-order valence-electron chi connectivity index (χ4n) is 5.34. The minimum absolute atomic E-state index is 0.0474. The summed E-state index contributed by atoms with van der Waals surface area (Å²) in [5.74, 6) is 1.33. The van der Waals surface area contributed by atoms with Gasteiger partial charge < -0.3 is 20.3 Å². The molecule has 1 saturated heterocycles. The van der Waals surface area contributed by atoms with E-state index in [0.29, 0.717) is 5.92 Å². The van der Waals surface area contributed by atoms with Gasteiger partial charge in [-0.25, -0.2) is 0 Å². The Morgan fingerprint density at radius 3 is 2.50 bits per heavy atom. The quantitative estimate of drug-likeness (QED) is 0.586. The molecule has 0 saturated carbocycles. The van der Waals surface area contributed by atoms with Crippen LogP contribution in [0.3, 0.4) is 0 Å². The number of ether oxygens (including phenoxy) is 1. The maximum Gasteiger partial charge on any atom is 0.253 e. The Labute approximate surface area is 227 Å². The van der Waals surface area contributed by atoms with Crippen LogP contribution in [-0.4, -0.2) is 79.6 Å². The van der Waals surface area contributed by atoms with Crippen molar-refractivity contribution in [3.05, 3.63) is 88.1 Å². The average Bonchev–Trinajstić information content (AvgIpc) is 2.91. The lowest BCUT2D eigenvalue weighted by Crippen LogP contribution is -2.39. The molecule has 7 nitrogen and oxygen atoms in total. The number of allylic oxidation sites excluding steroid dienone is 2. The summed E-state index contributed by atoms with van der Waals surface area (Å²) < 4.78 is 5.54. The second-order valence-electron chi connectivity index (χ2n) is 10.7. The third-order valence-electron chi connectivity index (χ3n) is 7.59. The van der Waals surface area contributed by atoms with Crippen molar-refractivity contribution < 1.29 is 9.53 Å². The molecule has 202 valence electrons. The van der Waals surface area contributed by atoms with Crippen LogP contribution < -0.4 is 5.73 Å². The molecule has 2 aliphatic heterocycles. The largest absolute Gasteiger partial charge is 0.497 e. The van der Waals surface area contributed by atoms with Crippen LogP contribution in [0.1, 0.15) is 58.4 Å². The molecule has 0 aliphatic carbocycles. The van der Waals surface area contributed by atoms with Crippen molar-refractivity contribution in [2.24, 2.45) is 5.73 Å². The number of likely N-dealkylation sites (N-methyl/N-ethyl adjacent to an activating group) is 1. The van der Waals surface area contributed by atoms with Gasteiger partial charge in [0.05, 0.1) is 7.11 Å². The first-order chi connectivity index (χ1) is 18.2. The van der Waals surface area contributed by atoms with E-state index in [0.717, 1.165) is 66.2 Å². The van der Waals surface area contributed by atoms with Crippen LogP contribution in [-0.2, 0) is 4.74 Å². The lowest BCUT2D eigenvalue weighted by atomic mass is 9.88. The van der Waals surface area contributed by atoms with E-state index in [1.165, 1.54) is 11.1 Å². The molecule has 38 heavy (non-hydrogen) atoms. The van der Waals surface area contributed by atoms with Crippen LogP contribution in [0.4, 0.5) is 0 Å². The second kappa shape index (κ2) is 12.0. The third-order valence-corrected chi connectivity index (χ3v) is 7.59. The molecule has 1 unspecified atom stereocenters. The predicted molar refractivity (Wildman–Crippen MR) is 154 cm³/mol. The zero-order chi connectivity index (χ0) is 27.4. The number of pyridine rings is 1. The summed E-state index contributed by atoms with van der Waals surface area (Å²) in [5, 5.41) is 0. The molecule has 0 bridgehead atoms. The van der Waals surface area contributed by atoms with Gasteiger partial charge in [0.15, 0.2) is 0 Å². The summed E-state index contributed by atoms with van der Waals surface area (Å²) in [7, 11) is 7.20. The lowest BCUT2D eigenvalue weighted by molar-refractivity contribution is 0.0827. The molecule has 3 heterocycles. The second-order valence-corrected chi connectivity index (χ2v) is 10.7. The number of aromatic nitrogens is 1. The van der Waals surface area contributed by atoms with E-state index in [2.05, 4.69) is 54.2 Å². The topological polar surface area (TPSA) is 74.9 Å². The molecule has 2 aromatic rings. The van der Waals surface area contributed by atoms with Gasteiger partial charge in [-0.15, -0.1) is 0 Å². The van der Waals surface area contributed by atoms with Gasteiger partial charge >= 0.3 is 0 Å². The first-order valence-corrected chi connectivity index (χ1v) is 13.3. The number of benzene rings is 1. The molecule has 4 rings (SSSR count). The van der Waals surface area contributed by atoms with Crippen LogP contribution >= 0.6 is 0 Å². The highest BCUT2D eigenvalue weighted by molar-refractivity contribution is 5.93. The van der Waals surface area contributed by atoms with E-state index in [1.54, 1.807) is 26.1 Å². The Hall–Kier alpha value is -3.42. The number of nitrogens with zero attached hydrogens (tertiary/aromatic N) is 4. The van der Waals surface area contributed by atoms with Crippen LogP contribution in [0, 0.1) is 6.92 Å². The molecule has 2 N–H and O–H groups in total. The highest BCUT2D eigenvalue weighted by Crippen LogP contribution is 2.31. The van der Waals surface area contributed by atoms with Gasteiger partial charge in [-0.3, -0.25) is 14.7 Å². The summed E-state index contributed by atoms with van der Waals surface area (Å²) in [6.45, 7) is 7.31. The fraction of sp³-hybridized carbons (Fsp3) is 0.419. The molecule has 1 aromatic heterocycles. The molecule has 0 spiro atoms. The summed E-state index contributed by atoms with van der Waals surface area (Å²) in [5.41, 5.74) is 14.0. The number of carbonyl (C=O) groups excluding carboxylic acids is 1. The summed E-state index contributed by atoms with van der Waals surface area (Å²) in [6.07, 6.45) is 10.2. The van der Waals surface area contributed by atoms with Crippen LogP contribution in [0.15, 0.2) is 60.1 Å². The molecule has 1 atom stereocenters. The fourth-order valence-corrected chi connectivity index (χ4v) is 5.34. The first kappa shape index (κ1) is 27.6. The Kier molecular flexibility index (Phi) is 8.69. The zero-order valence-corrected chi connectivity index (χ0v) is 23.6. The number of hydrogen-bond acceptors (Lipinski definition) is 6. The predicted octanol–water partition coefficient (Wildman–Crippen LogP) is 4.48. The number of carbonyl (C=O) groups is 1. The van der Waals surface area contributed by atoms with Gasteiger partial charge in [-0.05, 0) is 81.1 Å². The van der Waals surface area contributed by atoms with Crippen molar-refractivity contribution in [3.8, 4) is 0 Å². The number of rotatable bonds is 7. The normalized spacial score (nSPS) is 19.2. The minimum Gasteiger partial charge on any atom is -0.497 e. The van der Waals surface area contributed by atoms with E-state index in [1.807, 2.05) is 36.4 Å². The van der Waals surface area contributed by atoms with Crippen molar-refractivity contribution in [2.75, 3.05) is 47.9 Å². The number of aryl methyl sites for hydroxylation is 1. The maximum atomic E-state index is 12.2. The minimum atomic E-state index is -0.284. The number of methoxy groups -OCH3 is 1. The molecular formula is C31H41N5O2. The van der Waals surface area contributed by atoms with Gasteiger partial charge in [0, 0.05) is 62.5 Å². The number of nitrogens with two attached hydrogens (primary N) is 1. The van der Waals surface area contributed by atoms with Crippen molar-refractivity contribution in [1.82, 2.24) is 19.7 Å². The Balaban J connectivity index is 1.43. The number of amides is 1. The monoisotopic (exact) mass is 515 g/mol. The summed E-state index contributed by atoms with van der Waals surface area (Å²) in [6, 6.07) is 10.2. The number of hydrogen-bond donors (Lipinski definition) is 1. The van der Waals surface area contributed by atoms with Crippen LogP contribution in [0.25, 0.3) is 11.6 Å². The molecule has 0 radical (unpaired) electrons. The standard InChI is InChI=1S/C31H41N5O2/c1-21(17-28-22(2)33-14-11-27(28)26-18-29(38-6)30(32)35(5)20-26)19-36-15-12-24(13-16-36)23-7-9-25(10-8-23)31(37)34(3)4/h7-11,14,17-18,20,24,30H,12-13,15-16,19,32H2,1-6H3/b21-17+. The number of likely N-dealkylation sites (tertiary alicyclic amines) is 1. The molecule has 2 aliphatic rings. The van der Waals surface area contributed by atoms with Crippen LogP contribution in [0.5, 0.6) is 0 Å². The van der Waals surface area contributed by atoms with Crippen molar-refractivity contribution in [3.63, 3.8) is 0 Å². The van der Waals surface area contributed by atoms with Crippen LogP contribution in [0.2, 0.25) is 0 Å². The highest BCUT2D eigenvalue weighted by atomic mass is 16.5. The Bertz CT molecular complexity index is 1240. The smallest absolute Gasteiger partial charge is 0.253 e. The zero-order valence-electron chi connectivity index (χ0n) is 23.6. The van der Waals surface area contributed by atoms with Crippen molar-refractivity contribution in [1.29, 1.82) is 0 Å². The molecule has 1 fully saturated rings. The van der Waals surface area contributed by atoms with Gasteiger partial charge in [0.1, 0.15) is 11.9 Å². The summed E-state index contributed by atoms with van der Waals surface area (Å²) in [4.78, 5) is 22.9. The lowest BCUT2D eigenvalue weighted by Gasteiger charge is -2.32. The molecule has 7 heteroatoms. The third kappa shape index (κ3) is 6.17.